The first-order valence-electron chi connectivity index (χ1n) is 5.45. The SMILES string of the molecule is CN1CC(NC(=O)C2CCCNC2)C1. The Balaban J connectivity index is 1.71. The summed E-state index contributed by atoms with van der Waals surface area (Å²) in [6, 6.07) is 0.398. The molecular formula is C10H19N3O. The lowest BCUT2D eigenvalue weighted by Gasteiger charge is -2.37. The maximum absolute atomic E-state index is 11.7. The fourth-order valence-corrected chi connectivity index (χ4v) is 2.18. The third-order valence-corrected chi connectivity index (χ3v) is 3.08. The Morgan fingerprint density at radius 3 is 2.86 bits per heavy atom. The van der Waals surface area contributed by atoms with Gasteiger partial charge in [0.25, 0.3) is 0 Å². The topological polar surface area (TPSA) is 44.4 Å². The fourth-order valence-electron chi connectivity index (χ4n) is 2.18. The molecule has 4 nitrogen and oxygen atoms in total. The summed E-state index contributed by atoms with van der Waals surface area (Å²) in [5.41, 5.74) is 0. The van der Waals surface area contributed by atoms with E-state index in [-0.39, 0.29) is 11.8 Å². The van der Waals surface area contributed by atoms with E-state index in [1.54, 1.807) is 0 Å². The van der Waals surface area contributed by atoms with Gasteiger partial charge < -0.3 is 15.5 Å². The number of rotatable bonds is 2. The molecule has 80 valence electrons. The van der Waals surface area contributed by atoms with Gasteiger partial charge in [-0.3, -0.25) is 4.79 Å². The second-order valence-corrected chi connectivity index (χ2v) is 4.47. The normalized spacial score (nSPS) is 29.6. The zero-order valence-electron chi connectivity index (χ0n) is 8.75. The van der Waals surface area contributed by atoms with Gasteiger partial charge in [0.05, 0.1) is 12.0 Å². The van der Waals surface area contributed by atoms with Gasteiger partial charge in [0, 0.05) is 19.6 Å². The second kappa shape index (κ2) is 4.28. The zero-order valence-corrected chi connectivity index (χ0v) is 8.75. The van der Waals surface area contributed by atoms with Crippen LogP contribution in [0.15, 0.2) is 0 Å². The number of likely N-dealkylation sites (N-methyl/N-ethyl adjacent to an activating group) is 1. The molecule has 2 heterocycles. The molecule has 1 atom stereocenters. The Morgan fingerprint density at radius 2 is 2.29 bits per heavy atom. The van der Waals surface area contributed by atoms with Crippen molar-refractivity contribution in [2.24, 2.45) is 5.92 Å². The van der Waals surface area contributed by atoms with E-state index in [1.165, 1.54) is 0 Å². The van der Waals surface area contributed by atoms with Crippen molar-refractivity contribution in [2.75, 3.05) is 33.2 Å². The molecule has 4 heteroatoms. The first kappa shape index (κ1) is 9.93. The highest BCUT2D eigenvalue weighted by molar-refractivity contribution is 5.79. The van der Waals surface area contributed by atoms with Crippen LogP contribution in [0.25, 0.3) is 0 Å². The van der Waals surface area contributed by atoms with Crippen LogP contribution in [0.5, 0.6) is 0 Å². The third-order valence-electron chi connectivity index (χ3n) is 3.08. The lowest BCUT2D eigenvalue weighted by atomic mass is 9.98. The van der Waals surface area contributed by atoms with Gasteiger partial charge in [-0.25, -0.2) is 0 Å². The summed E-state index contributed by atoms with van der Waals surface area (Å²) in [5, 5.41) is 6.36. The van der Waals surface area contributed by atoms with Gasteiger partial charge in [-0.2, -0.15) is 0 Å². The summed E-state index contributed by atoms with van der Waals surface area (Å²) >= 11 is 0. The van der Waals surface area contributed by atoms with Crippen LogP contribution >= 0.6 is 0 Å². The predicted molar refractivity (Wildman–Crippen MR) is 55.0 cm³/mol. The van der Waals surface area contributed by atoms with Gasteiger partial charge in [-0.05, 0) is 26.4 Å². The van der Waals surface area contributed by atoms with Crippen LogP contribution in [0.4, 0.5) is 0 Å². The van der Waals surface area contributed by atoms with Crippen molar-refractivity contribution in [1.82, 2.24) is 15.5 Å². The van der Waals surface area contributed by atoms with E-state index in [0.29, 0.717) is 6.04 Å². The molecule has 0 aromatic heterocycles. The monoisotopic (exact) mass is 197 g/mol. The van der Waals surface area contributed by atoms with E-state index in [4.69, 9.17) is 0 Å². The molecule has 0 bridgehead atoms. The van der Waals surface area contributed by atoms with E-state index in [1.807, 2.05) is 0 Å². The number of amides is 1. The molecule has 2 aliphatic rings. The minimum Gasteiger partial charge on any atom is -0.351 e. The van der Waals surface area contributed by atoms with Crippen LogP contribution in [0.3, 0.4) is 0 Å². The lowest BCUT2D eigenvalue weighted by Crippen LogP contribution is -2.59. The van der Waals surface area contributed by atoms with Crippen molar-refractivity contribution in [3.8, 4) is 0 Å². The molecular weight excluding hydrogens is 178 g/mol. The van der Waals surface area contributed by atoms with Gasteiger partial charge in [0.2, 0.25) is 5.91 Å². The van der Waals surface area contributed by atoms with Crippen molar-refractivity contribution < 1.29 is 4.79 Å². The highest BCUT2D eigenvalue weighted by Crippen LogP contribution is 2.11. The fraction of sp³-hybridized carbons (Fsp3) is 0.900. The van der Waals surface area contributed by atoms with Gasteiger partial charge in [0.1, 0.15) is 0 Å². The molecule has 14 heavy (non-hydrogen) atoms. The van der Waals surface area contributed by atoms with Crippen LogP contribution in [-0.2, 0) is 4.79 Å². The van der Waals surface area contributed by atoms with Crippen LogP contribution in [-0.4, -0.2) is 50.1 Å². The number of nitrogens with zero attached hydrogens (tertiary/aromatic N) is 1. The molecule has 2 aliphatic heterocycles. The summed E-state index contributed by atoms with van der Waals surface area (Å²) in [5.74, 6) is 0.449. The number of likely N-dealkylation sites (tertiary alicyclic amines) is 1. The maximum Gasteiger partial charge on any atom is 0.224 e. The minimum absolute atomic E-state index is 0.203. The average Bonchev–Trinajstić information content (AvgIpc) is 2.17. The minimum atomic E-state index is 0.203. The van der Waals surface area contributed by atoms with Crippen LogP contribution in [0.1, 0.15) is 12.8 Å². The smallest absolute Gasteiger partial charge is 0.224 e. The maximum atomic E-state index is 11.7. The number of hydrogen-bond acceptors (Lipinski definition) is 3. The zero-order chi connectivity index (χ0) is 9.97. The molecule has 1 unspecified atom stereocenters. The Hall–Kier alpha value is -0.610. The van der Waals surface area contributed by atoms with Crippen molar-refractivity contribution >= 4 is 5.91 Å². The molecule has 2 N–H and O–H groups in total. The number of carbonyl (C=O) groups excluding carboxylic acids is 1. The van der Waals surface area contributed by atoms with Gasteiger partial charge >= 0.3 is 0 Å². The molecule has 2 saturated heterocycles. The van der Waals surface area contributed by atoms with E-state index in [2.05, 4.69) is 22.6 Å². The molecule has 0 aromatic rings. The number of carbonyl (C=O) groups is 1. The first-order valence-corrected chi connectivity index (χ1v) is 5.45. The molecule has 0 saturated carbocycles. The van der Waals surface area contributed by atoms with E-state index < -0.39 is 0 Å². The van der Waals surface area contributed by atoms with E-state index in [9.17, 15) is 4.79 Å². The van der Waals surface area contributed by atoms with Gasteiger partial charge in [0.15, 0.2) is 0 Å². The standard InChI is InChI=1S/C10H19N3O/c1-13-6-9(7-13)12-10(14)8-3-2-4-11-5-8/h8-9,11H,2-7H2,1H3,(H,12,14). The Kier molecular flexibility index (Phi) is 3.03. The molecule has 0 radical (unpaired) electrons. The summed E-state index contributed by atoms with van der Waals surface area (Å²) in [4.78, 5) is 14.0. The molecule has 1 amide bonds. The third kappa shape index (κ3) is 2.25. The predicted octanol–water partition coefficient (Wildman–Crippen LogP) is -0.584. The highest BCUT2D eigenvalue weighted by atomic mass is 16.2. The van der Waals surface area contributed by atoms with Crippen LogP contribution < -0.4 is 10.6 Å². The van der Waals surface area contributed by atoms with Gasteiger partial charge in [-0.15, -0.1) is 0 Å². The van der Waals surface area contributed by atoms with Crippen molar-refractivity contribution in [2.45, 2.75) is 18.9 Å². The van der Waals surface area contributed by atoms with Crippen molar-refractivity contribution in [1.29, 1.82) is 0 Å². The second-order valence-electron chi connectivity index (χ2n) is 4.47. The summed E-state index contributed by atoms with van der Waals surface area (Å²) in [6.45, 7) is 3.93. The van der Waals surface area contributed by atoms with Crippen molar-refractivity contribution in [3.63, 3.8) is 0 Å². The molecule has 0 aliphatic carbocycles. The van der Waals surface area contributed by atoms with E-state index >= 15 is 0 Å². The van der Waals surface area contributed by atoms with E-state index in [0.717, 1.165) is 39.0 Å². The highest BCUT2D eigenvalue weighted by Gasteiger charge is 2.28. The molecule has 0 spiro atoms. The number of piperidine rings is 1. The summed E-state index contributed by atoms with van der Waals surface area (Å²) in [7, 11) is 2.07. The number of nitrogens with one attached hydrogen (secondary N) is 2. The Morgan fingerprint density at radius 1 is 1.50 bits per heavy atom. The number of hydrogen-bond donors (Lipinski definition) is 2. The van der Waals surface area contributed by atoms with Gasteiger partial charge in [-0.1, -0.05) is 0 Å². The van der Waals surface area contributed by atoms with Crippen LogP contribution in [0.2, 0.25) is 0 Å². The summed E-state index contributed by atoms with van der Waals surface area (Å²) in [6.07, 6.45) is 2.17. The van der Waals surface area contributed by atoms with Crippen LogP contribution in [0, 0.1) is 5.92 Å². The molecule has 2 fully saturated rings. The van der Waals surface area contributed by atoms with Crippen molar-refractivity contribution in [3.05, 3.63) is 0 Å². The largest absolute Gasteiger partial charge is 0.351 e. The average molecular weight is 197 g/mol. The Labute approximate surface area is 85.0 Å². The first-order chi connectivity index (χ1) is 6.75. The Bertz CT molecular complexity index is 207. The summed E-state index contributed by atoms with van der Waals surface area (Å²) < 4.78 is 0. The lowest BCUT2D eigenvalue weighted by molar-refractivity contribution is -0.127. The molecule has 0 aromatic carbocycles. The quantitative estimate of drug-likeness (QED) is 0.622. The molecule has 2 rings (SSSR count).